The molecule has 6 heteroatoms. The molecular formula is C14H19N5S. The van der Waals surface area contributed by atoms with Crippen molar-refractivity contribution in [3.05, 3.63) is 41.3 Å². The van der Waals surface area contributed by atoms with Crippen LogP contribution >= 0.6 is 12.2 Å². The van der Waals surface area contributed by atoms with Gasteiger partial charge in [0.15, 0.2) is 0 Å². The lowest BCUT2D eigenvalue weighted by molar-refractivity contribution is 0.700. The van der Waals surface area contributed by atoms with Crippen molar-refractivity contribution in [2.24, 2.45) is 12.8 Å². The third kappa shape index (κ3) is 2.80. The van der Waals surface area contributed by atoms with E-state index in [9.17, 15) is 0 Å². The van der Waals surface area contributed by atoms with Gasteiger partial charge in [-0.05, 0) is 26.0 Å². The Hall–Kier alpha value is -1.95. The molecule has 0 aliphatic rings. The highest BCUT2D eigenvalue weighted by atomic mass is 32.1. The highest BCUT2D eigenvalue weighted by Crippen LogP contribution is 2.24. The largest absolute Gasteiger partial charge is 0.389 e. The first-order valence-electron chi connectivity index (χ1n) is 6.52. The van der Waals surface area contributed by atoms with Crippen molar-refractivity contribution < 1.29 is 0 Å². The molecule has 0 atom stereocenters. The number of hydrogen-bond acceptors (Lipinski definition) is 4. The monoisotopic (exact) mass is 289 g/mol. The maximum Gasteiger partial charge on any atom is 0.137 e. The number of aromatic nitrogens is 3. The number of thiocarbonyl (C=S) groups is 1. The van der Waals surface area contributed by atoms with Crippen LogP contribution in [0.4, 0.5) is 5.82 Å². The Kier molecular flexibility index (Phi) is 4.34. The molecule has 0 aliphatic carbocycles. The fourth-order valence-corrected chi connectivity index (χ4v) is 2.56. The summed E-state index contributed by atoms with van der Waals surface area (Å²) in [6, 6.07) is 5.90. The zero-order valence-electron chi connectivity index (χ0n) is 12.0. The summed E-state index contributed by atoms with van der Waals surface area (Å²) < 4.78 is 1.83. The van der Waals surface area contributed by atoms with Crippen LogP contribution in [0.3, 0.4) is 0 Å². The summed E-state index contributed by atoms with van der Waals surface area (Å²) in [5.41, 5.74) is 8.56. The van der Waals surface area contributed by atoms with Gasteiger partial charge in [0.25, 0.3) is 0 Å². The molecule has 5 nitrogen and oxygen atoms in total. The van der Waals surface area contributed by atoms with Gasteiger partial charge in [-0.2, -0.15) is 5.10 Å². The Morgan fingerprint density at radius 3 is 2.75 bits per heavy atom. The minimum atomic E-state index is 0.380. The molecule has 2 aromatic rings. The van der Waals surface area contributed by atoms with Crippen molar-refractivity contribution in [3.8, 4) is 0 Å². The van der Waals surface area contributed by atoms with Gasteiger partial charge in [0, 0.05) is 19.8 Å². The maximum absolute atomic E-state index is 5.85. The first kappa shape index (κ1) is 14.5. The van der Waals surface area contributed by atoms with Crippen molar-refractivity contribution in [1.82, 2.24) is 14.8 Å². The zero-order valence-corrected chi connectivity index (χ0v) is 12.8. The van der Waals surface area contributed by atoms with Gasteiger partial charge < -0.3 is 10.6 Å². The Morgan fingerprint density at radius 1 is 1.45 bits per heavy atom. The standard InChI is InChI=1S/C14H19N5S/c1-4-19(9-11-7-5-6-8-16-11)14-12(13(15)20)10(2)17-18(14)3/h5-8H,4,9H2,1-3H3,(H2,15,20). The summed E-state index contributed by atoms with van der Waals surface area (Å²) in [5, 5.41) is 4.43. The number of nitrogens with zero attached hydrogens (tertiary/aromatic N) is 4. The average molecular weight is 289 g/mol. The van der Waals surface area contributed by atoms with Gasteiger partial charge in [-0.15, -0.1) is 0 Å². The van der Waals surface area contributed by atoms with Gasteiger partial charge >= 0.3 is 0 Å². The van der Waals surface area contributed by atoms with E-state index >= 15 is 0 Å². The molecule has 106 valence electrons. The van der Waals surface area contributed by atoms with Crippen LogP contribution in [-0.4, -0.2) is 26.3 Å². The topological polar surface area (TPSA) is 60.0 Å². The number of nitrogens with two attached hydrogens (primary N) is 1. The van der Waals surface area contributed by atoms with E-state index in [2.05, 4.69) is 21.9 Å². The van der Waals surface area contributed by atoms with Crippen LogP contribution in [0.1, 0.15) is 23.9 Å². The van der Waals surface area contributed by atoms with Crippen LogP contribution < -0.4 is 10.6 Å². The highest BCUT2D eigenvalue weighted by molar-refractivity contribution is 7.80. The van der Waals surface area contributed by atoms with Crippen molar-refractivity contribution in [3.63, 3.8) is 0 Å². The minimum absolute atomic E-state index is 0.380. The predicted octanol–water partition coefficient (Wildman–Crippen LogP) is 1.78. The summed E-state index contributed by atoms with van der Waals surface area (Å²) >= 11 is 5.16. The zero-order chi connectivity index (χ0) is 14.7. The fourth-order valence-electron chi connectivity index (χ4n) is 2.32. The highest BCUT2D eigenvalue weighted by Gasteiger charge is 2.20. The van der Waals surface area contributed by atoms with E-state index < -0.39 is 0 Å². The Balaban J connectivity index is 2.40. The SMILES string of the molecule is CCN(Cc1ccccn1)c1c(C(N)=S)c(C)nn1C. The quantitative estimate of drug-likeness (QED) is 0.850. The van der Waals surface area contributed by atoms with E-state index in [1.165, 1.54) is 0 Å². The van der Waals surface area contributed by atoms with Crippen LogP contribution in [0.5, 0.6) is 0 Å². The molecule has 0 saturated heterocycles. The molecule has 0 aliphatic heterocycles. The molecular weight excluding hydrogens is 270 g/mol. The van der Waals surface area contributed by atoms with E-state index in [-0.39, 0.29) is 0 Å². The van der Waals surface area contributed by atoms with Gasteiger partial charge in [0.05, 0.1) is 23.5 Å². The number of hydrogen-bond donors (Lipinski definition) is 1. The molecule has 0 bridgehead atoms. The molecule has 0 amide bonds. The number of aryl methyl sites for hydroxylation is 2. The van der Waals surface area contributed by atoms with Gasteiger partial charge in [0.1, 0.15) is 10.8 Å². The van der Waals surface area contributed by atoms with Crippen LogP contribution in [0.25, 0.3) is 0 Å². The Bertz CT molecular complexity index is 606. The number of anilines is 1. The lowest BCUT2D eigenvalue weighted by atomic mass is 10.2. The Labute approximate surface area is 124 Å². The second-order valence-electron chi connectivity index (χ2n) is 4.61. The summed E-state index contributed by atoms with van der Waals surface area (Å²) in [6.07, 6.45) is 1.80. The summed E-state index contributed by atoms with van der Waals surface area (Å²) in [7, 11) is 1.91. The van der Waals surface area contributed by atoms with Crippen molar-refractivity contribution in [2.45, 2.75) is 20.4 Å². The maximum atomic E-state index is 5.85. The summed E-state index contributed by atoms with van der Waals surface area (Å²) in [4.78, 5) is 6.92. The number of rotatable bonds is 5. The molecule has 2 rings (SSSR count). The minimum Gasteiger partial charge on any atom is -0.389 e. The lowest BCUT2D eigenvalue weighted by Crippen LogP contribution is -2.27. The smallest absolute Gasteiger partial charge is 0.137 e. The Morgan fingerprint density at radius 2 is 2.20 bits per heavy atom. The normalized spacial score (nSPS) is 10.6. The van der Waals surface area contributed by atoms with Gasteiger partial charge in [-0.25, -0.2) is 0 Å². The van der Waals surface area contributed by atoms with Crippen LogP contribution in [0, 0.1) is 6.92 Å². The molecule has 0 saturated carbocycles. The molecule has 0 unspecified atom stereocenters. The van der Waals surface area contributed by atoms with E-state index in [0.717, 1.165) is 29.3 Å². The second-order valence-corrected chi connectivity index (χ2v) is 5.05. The molecule has 0 spiro atoms. The van der Waals surface area contributed by atoms with E-state index in [1.807, 2.05) is 36.9 Å². The third-order valence-corrected chi connectivity index (χ3v) is 3.40. The predicted molar refractivity (Wildman–Crippen MR) is 84.8 cm³/mol. The van der Waals surface area contributed by atoms with Crippen LogP contribution in [-0.2, 0) is 13.6 Å². The lowest BCUT2D eigenvalue weighted by Gasteiger charge is -2.24. The summed E-state index contributed by atoms with van der Waals surface area (Å²) in [5.74, 6) is 0.947. The van der Waals surface area contributed by atoms with E-state index in [0.29, 0.717) is 11.5 Å². The van der Waals surface area contributed by atoms with Crippen molar-refractivity contribution >= 4 is 23.0 Å². The van der Waals surface area contributed by atoms with Gasteiger partial charge in [-0.3, -0.25) is 9.67 Å². The first-order chi connectivity index (χ1) is 9.54. The fraction of sp³-hybridized carbons (Fsp3) is 0.357. The molecule has 2 heterocycles. The van der Waals surface area contributed by atoms with E-state index in [4.69, 9.17) is 18.0 Å². The van der Waals surface area contributed by atoms with Crippen molar-refractivity contribution in [1.29, 1.82) is 0 Å². The van der Waals surface area contributed by atoms with Crippen LogP contribution in [0.2, 0.25) is 0 Å². The average Bonchev–Trinajstić information content (AvgIpc) is 2.72. The third-order valence-electron chi connectivity index (χ3n) is 3.20. The second kappa shape index (κ2) is 6.00. The molecule has 0 radical (unpaired) electrons. The molecule has 20 heavy (non-hydrogen) atoms. The number of pyridine rings is 1. The molecule has 0 fully saturated rings. The first-order valence-corrected chi connectivity index (χ1v) is 6.93. The van der Waals surface area contributed by atoms with Crippen LogP contribution in [0.15, 0.2) is 24.4 Å². The summed E-state index contributed by atoms with van der Waals surface area (Å²) in [6.45, 7) is 5.54. The van der Waals surface area contributed by atoms with Gasteiger partial charge in [-0.1, -0.05) is 18.3 Å². The van der Waals surface area contributed by atoms with Crippen molar-refractivity contribution in [2.75, 3.05) is 11.4 Å². The molecule has 2 N–H and O–H groups in total. The molecule has 0 aromatic carbocycles. The molecule has 2 aromatic heterocycles. The van der Waals surface area contributed by atoms with Gasteiger partial charge in [0.2, 0.25) is 0 Å². The van der Waals surface area contributed by atoms with E-state index in [1.54, 1.807) is 6.20 Å².